The number of hydrogen-bond acceptors (Lipinski definition) is 2. The topological polar surface area (TPSA) is 29.3 Å². The Morgan fingerprint density at radius 1 is 1.00 bits per heavy atom. The summed E-state index contributed by atoms with van der Waals surface area (Å²) >= 11 is 0. The first-order valence-corrected chi connectivity index (χ1v) is 7.82. The summed E-state index contributed by atoms with van der Waals surface area (Å²) in [5.74, 6) is 0.963. The highest BCUT2D eigenvalue weighted by atomic mass is 15.2. The van der Waals surface area contributed by atoms with Crippen LogP contribution in [0, 0.1) is 5.92 Å². The van der Waals surface area contributed by atoms with Crippen LogP contribution < -0.4 is 5.73 Å². The average Bonchev–Trinajstić information content (AvgIpc) is 2.92. The van der Waals surface area contributed by atoms with Crippen LogP contribution in [0.3, 0.4) is 0 Å². The minimum absolute atomic E-state index is 0.409. The van der Waals surface area contributed by atoms with E-state index >= 15 is 0 Å². The van der Waals surface area contributed by atoms with Crippen LogP contribution in [-0.2, 0) is 0 Å². The Morgan fingerprint density at radius 3 is 2.18 bits per heavy atom. The van der Waals surface area contributed by atoms with E-state index in [0.29, 0.717) is 11.6 Å². The summed E-state index contributed by atoms with van der Waals surface area (Å²) in [6.07, 6.45) is 14.0. The van der Waals surface area contributed by atoms with Gasteiger partial charge in [0.2, 0.25) is 0 Å². The molecular weight excluding hydrogens is 208 g/mol. The maximum Gasteiger partial charge on any atom is 0.0360 e. The molecule has 1 saturated heterocycles. The zero-order valence-electron chi connectivity index (χ0n) is 11.2. The van der Waals surface area contributed by atoms with Crippen LogP contribution in [0.5, 0.6) is 0 Å². The summed E-state index contributed by atoms with van der Waals surface area (Å²) in [5.41, 5.74) is 7.07. The predicted octanol–water partition coefficient (Wildman–Crippen LogP) is 2.91. The van der Waals surface area contributed by atoms with Crippen LogP contribution in [0.1, 0.15) is 64.2 Å². The smallest absolute Gasteiger partial charge is 0.0360 e. The third kappa shape index (κ3) is 2.15. The Kier molecular flexibility index (Phi) is 3.45. The lowest BCUT2D eigenvalue weighted by Crippen LogP contribution is -2.58. The van der Waals surface area contributed by atoms with Gasteiger partial charge in [0.1, 0.15) is 0 Å². The van der Waals surface area contributed by atoms with Crippen LogP contribution >= 0.6 is 0 Å². The van der Waals surface area contributed by atoms with Crippen molar-refractivity contribution in [2.24, 2.45) is 11.7 Å². The molecule has 2 nitrogen and oxygen atoms in total. The molecule has 17 heavy (non-hydrogen) atoms. The lowest BCUT2D eigenvalue weighted by Gasteiger charge is -2.45. The standard InChI is InChI=1S/C15H28N2/c16-14(12-13-6-5-7-13)15(8-1-2-9-15)17-10-3-4-11-17/h13-14H,1-12,16H2. The van der Waals surface area contributed by atoms with Crippen LogP contribution in [0.25, 0.3) is 0 Å². The summed E-state index contributed by atoms with van der Waals surface area (Å²) in [7, 11) is 0. The van der Waals surface area contributed by atoms with E-state index < -0.39 is 0 Å². The van der Waals surface area contributed by atoms with E-state index in [2.05, 4.69) is 4.90 Å². The zero-order chi connectivity index (χ0) is 11.7. The van der Waals surface area contributed by atoms with E-state index in [9.17, 15) is 0 Å². The molecule has 0 aromatic heterocycles. The third-order valence-corrected chi connectivity index (χ3v) is 5.71. The highest BCUT2D eigenvalue weighted by molar-refractivity contribution is 5.04. The van der Waals surface area contributed by atoms with Gasteiger partial charge < -0.3 is 5.73 Å². The summed E-state index contributed by atoms with van der Waals surface area (Å²) in [6, 6.07) is 0.452. The first kappa shape index (κ1) is 12.0. The van der Waals surface area contributed by atoms with Gasteiger partial charge in [-0.1, -0.05) is 32.1 Å². The number of nitrogens with two attached hydrogens (primary N) is 1. The molecule has 2 heteroatoms. The normalized spacial score (nSPS) is 31.6. The van der Waals surface area contributed by atoms with Crippen molar-refractivity contribution < 1.29 is 0 Å². The van der Waals surface area contributed by atoms with Gasteiger partial charge in [-0.15, -0.1) is 0 Å². The molecule has 2 N–H and O–H groups in total. The van der Waals surface area contributed by atoms with Gasteiger partial charge in [0.25, 0.3) is 0 Å². The highest BCUT2D eigenvalue weighted by Crippen LogP contribution is 2.42. The maximum absolute atomic E-state index is 6.66. The molecular formula is C15H28N2. The number of likely N-dealkylation sites (tertiary alicyclic amines) is 1. The Morgan fingerprint density at radius 2 is 1.65 bits per heavy atom. The molecule has 1 heterocycles. The average molecular weight is 236 g/mol. The Labute approximate surface area is 106 Å². The fourth-order valence-corrected chi connectivity index (χ4v) is 4.38. The van der Waals surface area contributed by atoms with Crippen molar-refractivity contribution in [2.45, 2.75) is 75.8 Å². The van der Waals surface area contributed by atoms with Gasteiger partial charge in [0, 0.05) is 11.6 Å². The quantitative estimate of drug-likeness (QED) is 0.813. The maximum atomic E-state index is 6.66. The second-order valence-corrected chi connectivity index (χ2v) is 6.64. The van der Waals surface area contributed by atoms with Crippen LogP contribution in [0.4, 0.5) is 0 Å². The monoisotopic (exact) mass is 236 g/mol. The fraction of sp³-hybridized carbons (Fsp3) is 1.00. The van der Waals surface area contributed by atoms with E-state index in [0.717, 1.165) is 5.92 Å². The minimum atomic E-state index is 0.409. The van der Waals surface area contributed by atoms with Crippen molar-refractivity contribution in [1.82, 2.24) is 4.90 Å². The van der Waals surface area contributed by atoms with Crippen molar-refractivity contribution in [3.63, 3.8) is 0 Å². The van der Waals surface area contributed by atoms with Gasteiger partial charge >= 0.3 is 0 Å². The Bertz CT molecular complexity index is 248. The minimum Gasteiger partial charge on any atom is -0.326 e. The lowest BCUT2D eigenvalue weighted by molar-refractivity contribution is 0.0744. The number of rotatable bonds is 4. The van der Waals surface area contributed by atoms with Crippen LogP contribution in [-0.4, -0.2) is 29.6 Å². The van der Waals surface area contributed by atoms with Gasteiger partial charge in [-0.3, -0.25) is 4.90 Å². The number of hydrogen-bond donors (Lipinski definition) is 1. The molecule has 3 aliphatic rings. The van der Waals surface area contributed by atoms with Crippen molar-refractivity contribution >= 4 is 0 Å². The van der Waals surface area contributed by atoms with E-state index in [-0.39, 0.29) is 0 Å². The molecule has 1 atom stereocenters. The van der Waals surface area contributed by atoms with Gasteiger partial charge in [-0.25, -0.2) is 0 Å². The molecule has 0 bridgehead atoms. The van der Waals surface area contributed by atoms with Gasteiger partial charge in [0.15, 0.2) is 0 Å². The molecule has 0 amide bonds. The summed E-state index contributed by atoms with van der Waals surface area (Å²) < 4.78 is 0. The summed E-state index contributed by atoms with van der Waals surface area (Å²) in [6.45, 7) is 2.64. The first-order valence-electron chi connectivity index (χ1n) is 7.82. The van der Waals surface area contributed by atoms with Gasteiger partial charge in [-0.05, 0) is 51.1 Å². The van der Waals surface area contributed by atoms with Crippen molar-refractivity contribution in [3.05, 3.63) is 0 Å². The first-order chi connectivity index (χ1) is 8.31. The second kappa shape index (κ2) is 4.89. The highest BCUT2D eigenvalue weighted by Gasteiger charge is 2.45. The molecule has 0 radical (unpaired) electrons. The zero-order valence-corrected chi connectivity index (χ0v) is 11.2. The van der Waals surface area contributed by atoms with E-state index in [1.54, 1.807) is 0 Å². The van der Waals surface area contributed by atoms with E-state index in [4.69, 9.17) is 5.73 Å². The van der Waals surface area contributed by atoms with Crippen LogP contribution in [0.2, 0.25) is 0 Å². The molecule has 3 fully saturated rings. The second-order valence-electron chi connectivity index (χ2n) is 6.64. The predicted molar refractivity (Wildman–Crippen MR) is 71.9 cm³/mol. The Hall–Kier alpha value is -0.0800. The molecule has 1 unspecified atom stereocenters. The Balaban J connectivity index is 1.68. The molecule has 0 aromatic carbocycles. The molecule has 2 saturated carbocycles. The lowest BCUT2D eigenvalue weighted by atomic mass is 9.75. The van der Waals surface area contributed by atoms with Crippen molar-refractivity contribution in [2.75, 3.05) is 13.1 Å². The number of nitrogens with zero attached hydrogens (tertiary/aromatic N) is 1. The molecule has 0 spiro atoms. The van der Waals surface area contributed by atoms with Crippen LogP contribution in [0.15, 0.2) is 0 Å². The van der Waals surface area contributed by atoms with Crippen molar-refractivity contribution in [1.29, 1.82) is 0 Å². The summed E-state index contributed by atoms with van der Waals surface area (Å²) in [4.78, 5) is 2.77. The molecule has 98 valence electrons. The molecule has 0 aromatic rings. The summed E-state index contributed by atoms with van der Waals surface area (Å²) in [5, 5.41) is 0. The molecule has 2 aliphatic carbocycles. The largest absolute Gasteiger partial charge is 0.326 e. The van der Waals surface area contributed by atoms with E-state index in [1.165, 1.54) is 77.3 Å². The fourth-order valence-electron chi connectivity index (χ4n) is 4.38. The molecule has 1 aliphatic heterocycles. The SMILES string of the molecule is NC(CC1CCC1)C1(N2CCCC2)CCCC1. The third-order valence-electron chi connectivity index (χ3n) is 5.71. The van der Waals surface area contributed by atoms with Crippen molar-refractivity contribution in [3.8, 4) is 0 Å². The van der Waals surface area contributed by atoms with E-state index in [1.807, 2.05) is 0 Å². The van der Waals surface area contributed by atoms with Gasteiger partial charge in [-0.2, -0.15) is 0 Å². The van der Waals surface area contributed by atoms with Gasteiger partial charge in [0.05, 0.1) is 0 Å². The molecule has 3 rings (SSSR count).